The molecule has 2 fully saturated rings. The van der Waals surface area contributed by atoms with Gasteiger partial charge in [-0.25, -0.2) is 0 Å². The van der Waals surface area contributed by atoms with E-state index in [4.69, 9.17) is 14.2 Å². The molecule has 5 heteroatoms. The van der Waals surface area contributed by atoms with Crippen molar-refractivity contribution in [2.45, 2.75) is 37.9 Å². The molecule has 1 aromatic carbocycles. The fraction of sp³-hybridized carbons (Fsp3) is 0.591. The van der Waals surface area contributed by atoms with Gasteiger partial charge >= 0.3 is 0 Å². The van der Waals surface area contributed by atoms with Crippen molar-refractivity contribution in [2.24, 2.45) is 5.41 Å². The molecule has 1 amide bonds. The molecular weight excluding hydrogens is 342 g/mol. The van der Waals surface area contributed by atoms with Gasteiger partial charge in [-0.3, -0.25) is 4.79 Å². The lowest BCUT2D eigenvalue weighted by Crippen LogP contribution is -2.63. The maximum absolute atomic E-state index is 13.8. The van der Waals surface area contributed by atoms with Gasteiger partial charge in [-0.05, 0) is 17.6 Å². The van der Waals surface area contributed by atoms with E-state index in [1.807, 2.05) is 23.1 Å². The fourth-order valence-corrected chi connectivity index (χ4v) is 5.24. The normalized spacial score (nSPS) is 28.9. The second-order valence-electron chi connectivity index (χ2n) is 8.21. The van der Waals surface area contributed by atoms with Crippen molar-refractivity contribution in [1.29, 1.82) is 0 Å². The van der Waals surface area contributed by atoms with Crippen LogP contribution in [-0.4, -0.2) is 56.6 Å². The van der Waals surface area contributed by atoms with Gasteiger partial charge in [0.05, 0.1) is 25.2 Å². The number of carbonyl (C=O) groups is 1. The Kier molecular flexibility index (Phi) is 4.65. The average molecular weight is 371 g/mol. The average Bonchev–Trinajstić information content (AvgIpc) is 3.16. The quantitative estimate of drug-likeness (QED) is 0.764. The van der Waals surface area contributed by atoms with Gasteiger partial charge in [0.2, 0.25) is 5.91 Å². The SMILES string of the molecule is COCCN1CC=C2C(c3ccccc3)(CCC3(OCCO3)C2(C)C)C1=O. The summed E-state index contributed by atoms with van der Waals surface area (Å²) in [6.45, 7) is 7.31. The number of fused-ring (bicyclic) bond motifs is 1. The van der Waals surface area contributed by atoms with E-state index in [-0.39, 0.29) is 11.3 Å². The molecule has 1 aliphatic carbocycles. The minimum absolute atomic E-state index is 0.171. The molecule has 27 heavy (non-hydrogen) atoms. The summed E-state index contributed by atoms with van der Waals surface area (Å²) < 4.78 is 17.5. The van der Waals surface area contributed by atoms with Crippen LogP contribution in [0, 0.1) is 5.41 Å². The predicted molar refractivity (Wildman–Crippen MR) is 102 cm³/mol. The van der Waals surface area contributed by atoms with Crippen LogP contribution in [-0.2, 0) is 24.4 Å². The molecule has 1 spiro atoms. The van der Waals surface area contributed by atoms with E-state index in [9.17, 15) is 4.79 Å². The molecule has 1 atom stereocenters. The van der Waals surface area contributed by atoms with Crippen LogP contribution in [0.5, 0.6) is 0 Å². The molecule has 5 nitrogen and oxygen atoms in total. The molecule has 4 rings (SSSR count). The predicted octanol–water partition coefficient (Wildman–Crippen LogP) is 2.90. The summed E-state index contributed by atoms with van der Waals surface area (Å²) >= 11 is 0. The van der Waals surface area contributed by atoms with Crippen molar-refractivity contribution in [3.8, 4) is 0 Å². The highest BCUT2D eigenvalue weighted by Crippen LogP contribution is 2.60. The van der Waals surface area contributed by atoms with Gasteiger partial charge in [-0.2, -0.15) is 0 Å². The van der Waals surface area contributed by atoms with Crippen molar-refractivity contribution >= 4 is 5.91 Å². The third-order valence-corrected chi connectivity index (χ3v) is 6.67. The first kappa shape index (κ1) is 18.7. The van der Waals surface area contributed by atoms with E-state index in [0.717, 1.165) is 11.1 Å². The van der Waals surface area contributed by atoms with Crippen molar-refractivity contribution in [2.75, 3.05) is 40.0 Å². The zero-order valence-corrected chi connectivity index (χ0v) is 16.5. The lowest BCUT2D eigenvalue weighted by Gasteiger charge is -2.57. The maximum atomic E-state index is 13.8. The molecule has 0 aromatic heterocycles. The number of hydrogen-bond donors (Lipinski definition) is 0. The highest BCUT2D eigenvalue weighted by molar-refractivity contribution is 5.94. The zero-order valence-electron chi connectivity index (χ0n) is 16.5. The second kappa shape index (κ2) is 6.73. The Morgan fingerprint density at radius 3 is 2.48 bits per heavy atom. The van der Waals surface area contributed by atoms with E-state index in [1.54, 1.807) is 7.11 Å². The van der Waals surface area contributed by atoms with Crippen molar-refractivity contribution < 1.29 is 19.0 Å². The van der Waals surface area contributed by atoms with Crippen LogP contribution in [0.25, 0.3) is 0 Å². The summed E-state index contributed by atoms with van der Waals surface area (Å²) in [5.41, 5.74) is 1.15. The Morgan fingerprint density at radius 1 is 1.11 bits per heavy atom. The minimum Gasteiger partial charge on any atom is -0.383 e. The van der Waals surface area contributed by atoms with Gasteiger partial charge in [0, 0.05) is 32.0 Å². The Hall–Kier alpha value is -1.69. The summed E-state index contributed by atoms with van der Waals surface area (Å²) in [6, 6.07) is 10.2. The Balaban J connectivity index is 1.84. The number of hydrogen-bond acceptors (Lipinski definition) is 4. The molecule has 2 heterocycles. The third-order valence-electron chi connectivity index (χ3n) is 6.67. The van der Waals surface area contributed by atoms with Crippen LogP contribution < -0.4 is 0 Å². The number of ether oxygens (including phenoxy) is 3. The number of amides is 1. The highest BCUT2D eigenvalue weighted by Gasteiger charge is 2.64. The molecule has 2 aliphatic heterocycles. The van der Waals surface area contributed by atoms with Crippen molar-refractivity contribution in [3.63, 3.8) is 0 Å². The van der Waals surface area contributed by atoms with Crippen LogP contribution >= 0.6 is 0 Å². The molecule has 1 saturated carbocycles. The van der Waals surface area contributed by atoms with Crippen molar-refractivity contribution in [1.82, 2.24) is 4.90 Å². The molecule has 1 unspecified atom stereocenters. The van der Waals surface area contributed by atoms with Gasteiger partial charge in [-0.1, -0.05) is 50.3 Å². The highest BCUT2D eigenvalue weighted by atomic mass is 16.7. The third kappa shape index (κ3) is 2.59. The number of benzene rings is 1. The number of carbonyl (C=O) groups excluding carboxylic acids is 1. The van der Waals surface area contributed by atoms with E-state index in [2.05, 4.69) is 32.1 Å². The lowest BCUT2D eigenvalue weighted by molar-refractivity contribution is -0.236. The standard InChI is InChI=1S/C22H29NO4/c1-20(2)18-9-12-23(13-14-25-3)19(24)21(18,17-7-5-4-6-8-17)10-11-22(20)26-15-16-27-22/h4-9H,10-16H2,1-3H3. The van der Waals surface area contributed by atoms with Crippen LogP contribution in [0.4, 0.5) is 0 Å². The van der Waals surface area contributed by atoms with Gasteiger partial charge < -0.3 is 19.1 Å². The van der Waals surface area contributed by atoms with Gasteiger partial charge in [-0.15, -0.1) is 0 Å². The molecule has 1 saturated heterocycles. The summed E-state index contributed by atoms with van der Waals surface area (Å²) in [5, 5.41) is 0. The topological polar surface area (TPSA) is 48.0 Å². The fourth-order valence-electron chi connectivity index (χ4n) is 5.24. The lowest BCUT2D eigenvalue weighted by atomic mass is 9.53. The van der Waals surface area contributed by atoms with Crippen LogP contribution in [0.15, 0.2) is 42.0 Å². The number of nitrogens with zero attached hydrogens (tertiary/aromatic N) is 1. The molecule has 0 bridgehead atoms. The second-order valence-corrected chi connectivity index (χ2v) is 8.21. The van der Waals surface area contributed by atoms with E-state index in [0.29, 0.717) is 45.8 Å². The number of methoxy groups -OCH3 is 1. The first-order valence-corrected chi connectivity index (χ1v) is 9.81. The Morgan fingerprint density at radius 2 is 1.81 bits per heavy atom. The maximum Gasteiger partial charge on any atom is 0.237 e. The van der Waals surface area contributed by atoms with Crippen LogP contribution in [0.3, 0.4) is 0 Å². The molecule has 0 N–H and O–H groups in total. The molecule has 3 aliphatic rings. The molecular formula is C22H29NO4. The van der Waals surface area contributed by atoms with E-state index >= 15 is 0 Å². The van der Waals surface area contributed by atoms with E-state index in [1.165, 1.54) is 0 Å². The first-order chi connectivity index (χ1) is 13.0. The van der Waals surface area contributed by atoms with Crippen LogP contribution in [0.1, 0.15) is 32.3 Å². The summed E-state index contributed by atoms with van der Waals surface area (Å²) in [6.07, 6.45) is 3.63. The molecule has 0 radical (unpaired) electrons. The minimum atomic E-state index is -0.655. The number of rotatable bonds is 4. The zero-order chi connectivity index (χ0) is 19.1. The molecule has 146 valence electrons. The smallest absolute Gasteiger partial charge is 0.237 e. The monoisotopic (exact) mass is 371 g/mol. The largest absolute Gasteiger partial charge is 0.383 e. The molecule has 1 aromatic rings. The summed E-state index contributed by atoms with van der Waals surface area (Å²) in [7, 11) is 1.67. The Labute approximate surface area is 161 Å². The van der Waals surface area contributed by atoms with Crippen molar-refractivity contribution in [3.05, 3.63) is 47.5 Å². The first-order valence-electron chi connectivity index (χ1n) is 9.81. The summed E-state index contributed by atoms with van der Waals surface area (Å²) in [5.74, 6) is -0.462. The van der Waals surface area contributed by atoms with Gasteiger partial charge in [0.1, 0.15) is 0 Å². The van der Waals surface area contributed by atoms with E-state index < -0.39 is 11.2 Å². The van der Waals surface area contributed by atoms with Crippen LogP contribution in [0.2, 0.25) is 0 Å². The Bertz CT molecular complexity index is 736. The van der Waals surface area contributed by atoms with Gasteiger partial charge in [0.25, 0.3) is 0 Å². The van der Waals surface area contributed by atoms with Gasteiger partial charge in [0.15, 0.2) is 5.79 Å². The summed E-state index contributed by atoms with van der Waals surface area (Å²) in [4.78, 5) is 15.7.